The van der Waals surface area contributed by atoms with Crippen LogP contribution >= 0.6 is 11.3 Å². The van der Waals surface area contributed by atoms with E-state index < -0.39 is 9.84 Å². The molecule has 7 heteroatoms. The molecule has 0 spiro atoms. The standard InChI is InChI=1S/C16H15N3O2S2/c1-11-17-16(19(18-11)10-14-3-2-7-22-14)13-4-5-15-12(9-13)6-8-23(15,20)21/h2-5,7,9H,6,8,10H2,1H3. The van der Waals surface area contributed by atoms with Gasteiger partial charge in [0, 0.05) is 10.4 Å². The van der Waals surface area contributed by atoms with Gasteiger partial charge in [0.05, 0.1) is 17.2 Å². The molecule has 2 aromatic heterocycles. The number of nitrogens with zero attached hydrogens (tertiary/aromatic N) is 3. The van der Waals surface area contributed by atoms with Crippen LogP contribution in [0.4, 0.5) is 0 Å². The summed E-state index contributed by atoms with van der Waals surface area (Å²) in [7, 11) is -3.09. The lowest BCUT2D eigenvalue weighted by Crippen LogP contribution is -2.03. The number of sulfone groups is 1. The molecular weight excluding hydrogens is 330 g/mol. The molecule has 0 saturated heterocycles. The molecule has 118 valence electrons. The van der Waals surface area contributed by atoms with E-state index in [4.69, 9.17) is 0 Å². The molecule has 3 heterocycles. The van der Waals surface area contributed by atoms with Crippen LogP contribution in [-0.2, 0) is 22.8 Å². The Kier molecular flexibility index (Phi) is 3.35. The fraction of sp³-hybridized carbons (Fsp3) is 0.250. The summed E-state index contributed by atoms with van der Waals surface area (Å²) in [4.78, 5) is 6.20. The molecule has 0 fully saturated rings. The fourth-order valence-electron chi connectivity index (χ4n) is 2.90. The number of rotatable bonds is 3. The Hall–Kier alpha value is -1.99. The largest absolute Gasteiger partial charge is 0.240 e. The summed E-state index contributed by atoms with van der Waals surface area (Å²) in [5.74, 6) is 1.69. The van der Waals surface area contributed by atoms with Crippen molar-refractivity contribution < 1.29 is 8.42 Å². The number of fused-ring (bicyclic) bond motifs is 1. The topological polar surface area (TPSA) is 64.8 Å². The SMILES string of the molecule is Cc1nc(-c2ccc3c(c2)CCS3(=O)=O)n(Cc2cccs2)n1. The minimum Gasteiger partial charge on any atom is -0.240 e. The minimum absolute atomic E-state index is 0.201. The summed E-state index contributed by atoms with van der Waals surface area (Å²) in [5, 5.41) is 6.52. The van der Waals surface area contributed by atoms with Crippen molar-refractivity contribution in [3.8, 4) is 11.4 Å². The predicted octanol–water partition coefficient (Wildman–Crippen LogP) is 2.69. The monoisotopic (exact) mass is 345 g/mol. The van der Waals surface area contributed by atoms with Crippen molar-refractivity contribution in [3.63, 3.8) is 0 Å². The molecule has 3 aromatic rings. The van der Waals surface area contributed by atoms with E-state index in [1.54, 1.807) is 17.4 Å². The third-order valence-electron chi connectivity index (χ3n) is 3.96. The van der Waals surface area contributed by atoms with Crippen molar-refractivity contribution in [2.45, 2.75) is 24.8 Å². The molecule has 0 N–H and O–H groups in total. The van der Waals surface area contributed by atoms with E-state index in [2.05, 4.69) is 16.1 Å². The number of aryl methyl sites for hydroxylation is 2. The van der Waals surface area contributed by atoms with E-state index in [0.717, 1.165) is 17.0 Å². The van der Waals surface area contributed by atoms with E-state index in [1.165, 1.54) is 4.88 Å². The Labute approximate surface area is 138 Å². The van der Waals surface area contributed by atoms with Crippen molar-refractivity contribution in [2.75, 3.05) is 5.75 Å². The van der Waals surface area contributed by atoms with Gasteiger partial charge in [0.1, 0.15) is 5.82 Å². The van der Waals surface area contributed by atoms with Crippen LogP contribution in [0, 0.1) is 6.92 Å². The maximum absolute atomic E-state index is 12.0. The Balaban J connectivity index is 1.77. The van der Waals surface area contributed by atoms with Gasteiger partial charge in [-0.3, -0.25) is 0 Å². The first-order chi connectivity index (χ1) is 11.0. The van der Waals surface area contributed by atoms with Crippen LogP contribution in [0.25, 0.3) is 11.4 Å². The van der Waals surface area contributed by atoms with Crippen LogP contribution < -0.4 is 0 Å². The second-order valence-electron chi connectivity index (χ2n) is 5.61. The molecule has 0 atom stereocenters. The summed E-state index contributed by atoms with van der Waals surface area (Å²) in [6, 6.07) is 9.56. The van der Waals surface area contributed by atoms with Crippen LogP contribution in [0.15, 0.2) is 40.6 Å². The van der Waals surface area contributed by atoms with Gasteiger partial charge in [0.15, 0.2) is 15.7 Å². The third-order valence-corrected chi connectivity index (χ3v) is 6.63. The van der Waals surface area contributed by atoms with Crippen molar-refractivity contribution in [1.82, 2.24) is 14.8 Å². The van der Waals surface area contributed by atoms with Gasteiger partial charge in [-0.25, -0.2) is 18.1 Å². The van der Waals surface area contributed by atoms with Crippen molar-refractivity contribution in [3.05, 3.63) is 52.0 Å². The first-order valence-corrected chi connectivity index (χ1v) is 9.86. The molecule has 5 nitrogen and oxygen atoms in total. The van der Waals surface area contributed by atoms with Crippen LogP contribution in [-0.4, -0.2) is 28.9 Å². The molecular formula is C16H15N3O2S2. The number of hydrogen-bond donors (Lipinski definition) is 0. The maximum Gasteiger partial charge on any atom is 0.178 e. The highest BCUT2D eigenvalue weighted by atomic mass is 32.2. The highest BCUT2D eigenvalue weighted by Crippen LogP contribution is 2.30. The molecule has 4 rings (SSSR count). The highest BCUT2D eigenvalue weighted by molar-refractivity contribution is 7.91. The van der Waals surface area contributed by atoms with Gasteiger partial charge in [0.2, 0.25) is 0 Å². The van der Waals surface area contributed by atoms with Crippen molar-refractivity contribution in [1.29, 1.82) is 0 Å². The Morgan fingerprint density at radius 3 is 2.96 bits per heavy atom. The molecule has 0 radical (unpaired) electrons. The Morgan fingerprint density at radius 1 is 1.30 bits per heavy atom. The zero-order valence-electron chi connectivity index (χ0n) is 12.6. The summed E-state index contributed by atoms with van der Waals surface area (Å²) in [5.41, 5.74) is 1.80. The number of benzene rings is 1. The lowest BCUT2D eigenvalue weighted by molar-refractivity contribution is 0.600. The molecule has 23 heavy (non-hydrogen) atoms. The van der Waals surface area contributed by atoms with Crippen molar-refractivity contribution in [2.24, 2.45) is 0 Å². The smallest absolute Gasteiger partial charge is 0.178 e. The molecule has 0 saturated carbocycles. The quantitative estimate of drug-likeness (QED) is 0.732. The summed E-state index contributed by atoms with van der Waals surface area (Å²) >= 11 is 1.68. The van der Waals surface area contributed by atoms with Gasteiger partial charge in [-0.1, -0.05) is 6.07 Å². The molecule has 0 bridgehead atoms. The number of thiophene rings is 1. The predicted molar refractivity (Wildman–Crippen MR) is 89.4 cm³/mol. The normalized spacial score (nSPS) is 15.7. The lowest BCUT2D eigenvalue weighted by atomic mass is 10.1. The summed E-state index contributed by atoms with van der Waals surface area (Å²) in [6.07, 6.45) is 0.573. The van der Waals surface area contributed by atoms with Crippen LogP contribution in [0.5, 0.6) is 0 Å². The maximum atomic E-state index is 12.0. The summed E-state index contributed by atoms with van der Waals surface area (Å²) in [6.45, 7) is 2.54. The van der Waals surface area contributed by atoms with Gasteiger partial charge in [-0.2, -0.15) is 5.10 Å². The van der Waals surface area contributed by atoms with E-state index >= 15 is 0 Å². The van der Waals surface area contributed by atoms with Gasteiger partial charge >= 0.3 is 0 Å². The average Bonchev–Trinajstić information content (AvgIpc) is 3.21. The lowest BCUT2D eigenvalue weighted by Gasteiger charge is -2.06. The third kappa shape index (κ3) is 2.60. The molecule has 1 aromatic carbocycles. The zero-order valence-corrected chi connectivity index (χ0v) is 14.2. The first kappa shape index (κ1) is 14.6. The van der Waals surface area contributed by atoms with E-state index in [0.29, 0.717) is 23.7 Å². The van der Waals surface area contributed by atoms with Crippen molar-refractivity contribution >= 4 is 21.2 Å². The second kappa shape index (κ2) is 5.28. The van der Waals surface area contributed by atoms with Gasteiger partial charge in [0.25, 0.3) is 0 Å². The second-order valence-corrected chi connectivity index (χ2v) is 8.72. The van der Waals surface area contributed by atoms with Gasteiger partial charge in [-0.15, -0.1) is 11.3 Å². The fourth-order valence-corrected chi connectivity index (χ4v) is 5.13. The number of hydrogen-bond acceptors (Lipinski definition) is 5. The number of aromatic nitrogens is 3. The van der Waals surface area contributed by atoms with Crippen LogP contribution in [0.1, 0.15) is 16.3 Å². The summed E-state index contributed by atoms with van der Waals surface area (Å²) < 4.78 is 25.8. The highest BCUT2D eigenvalue weighted by Gasteiger charge is 2.26. The molecule has 1 aliphatic heterocycles. The zero-order chi connectivity index (χ0) is 16.0. The van der Waals surface area contributed by atoms with Gasteiger partial charge < -0.3 is 0 Å². The van der Waals surface area contributed by atoms with E-state index in [-0.39, 0.29) is 5.75 Å². The molecule has 0 amide bonds. The van der Waals surface area contributed by atoms with E-state index in [1.807, 2.05) is 35.2 Å². The van der Waals surface area contributed by atoms with Gasteiger partial charge in [-0.05, 0) is 48.6 Å². The molecule has 0 aliphatic carbocycles. The average molecular weight is 345 g/mol. The molecule has 0 unspecified atom stereocenters. The van der Waals surface area contributed by atoms with E-state index in [9.17, 15) is 8.42 Å². The Bertz CT molecular complexity index is 973. The van der Waals surface area contributed by atoms with Crippen LogP contribution in [0.3, 0.4) is 0 Å². The Morgan fingerprint density at radius 2 is 2.17 bits per heavy atom. The van der Waals surface area contributed by atoms with Crippen LogP contribution in [0.2, 0.25) is 0 Å². The first-order valence-electron chi connectivity index (χ1n) is 7.33. The minimum atomic E-state index is -3.09. The molecule has 1 aliphatic rings.